The molecule has 0 aliphatic heterocycles. The molecule has 1 atom stereocenters. The van der Waals surface area contributed by atoms with Gasteiger partial charge >= 0.3 is 0 Å². The molecule has 1 aromatic rings. The molecule has 0 bridgehead atoms. The summed E-state index contributed by atoms with van der Waals surface area (Å²) in [5.41, 5.74) is 10.7. The largest absolute Gasteiger partial charge is 0.370 e. The van der Waals surface area contributed by atoms with Crippen molar-refractivity contribution < 1.29 is 18.0 Å². The fraction of sp³-hybridized carbons (Fsp3) is 0.200. The summed E-state index contributed by atoms with van der Waals surface area (Å²) in [5.74, 6) is -1.28. The molecule has 0 aliphatic carbocycles. The van der Waals surface area contributed by atoms with E-state index in [-0.39, 0.29) is 11.3 Å². The SMILES string of the molecule is NC(=O)CC(N)C(=O)Nc1ccc(S(N)(=O)=O)cc1. The molecule has 19 heavy (non-hydrogen) atoms. The molecule has 9 heteroatoms. The predicted octanol–water partition coefficient (Wildman–Crippen LogP) is -1.52. The Kier molecular flexibility index (Phi) is 4.59. The van der Waals surface area contributed by atoms with Crippen LogP contribution in [0.2, 0.25) is 0 Å². The van der Waals surface area contributed by atoms with Gasteiger partial charge in [-0.15, -0.1) is 0 Å². The van der Waals surface area contributed by atoms with Gasteiger partial charge in [-0.3, -0.25) is 9.59 Å². The summed E-state index contributed by atoms with van der Waals surface area (Å²) in [6.07, 6.45) is -0.277. The summed E-state index contributed by atoms with van der Waals surface area (Å²) >= 11 is 0. The Bertz CT molecular complexity index is 582. The first-order chi connectivity index (χ1) is 8.70. The Hall–Kier alpha value is -1.97. The van der Waals surface area contributed by atoms with Gasteiger partial charge in [-0.25, -0.2) is 13.6 Å². The molecule has 1 aromatic carbocycles. The average molecular weight is 286 g/mol. The lowest BCUT2D eigenvalue weighted by Gasteiger charge is -2.10. The Morgan fingerprint density at radius 1 is 1.21 bits per heavy atom. The Morgan fingerprint density at radius 2 is 1.74 bits per heavy atom. The predicted molar refractivity (Wildman–Crippen MR) is 68.2 cm³/mol. The van der Waals surface area contributed by atoms with E-state index in [2.05, 4.69) is 5.32 Å². The quantitative estimate of drug-likeness (QED) is 0.516. The second kappa shape index (κ2) is 5.78. The van der Waals surface area contributed by atoms with Gasteiger partial charge in [0.2, 0.25) is 21.8 Å². The minimum atomic E-state index is -3.78. The van der Waals surface area contributed by atoms with E-state index >= 15 is 0 Å². The highest BCUT2D eigenvalue weighted by molar-refractivity contribution is 7.89. The molecule has 1 rings (SSSR count). The Balaban J connectivity index is 2.73. The molecule has 0 heterocycles. The van der Waals surface area contributed by atoms with Gasteiger partial charge in [-0.2, -0.15) is 0 Å². The highest BCUT2D eigenvalue weighted by Gasteiger charge is 2.16. The lowest BCUT2D eigenvalue weighted by atomic mass is 10.2. The number of carbonyl (C=O) groups excluding carboxylic acids is 2. The lowest BCUT2D eigenvalue weighted by molar-refractivity contribution is -0.123. The highest BCUT2D eigenvalue weighted by Crippen LogP contribution is 2.12. The molecule has 2 amide bonds. The van der Waals surface area contributed by atoms with Crippen molar-refractivity contribution in [3.8, 4) is 0 Å². The van der Waals surface area contributed by atoms with Gasteiger partial charge in [0.25, 0.3) is 0 Å². The average Bonchev–Trinajstić information content (AvgIpc) is 2.27. The summed E-state index contributed by atoms with van der Waals surface area (Å²) in [6.45, 7) is 0. The van der Waals surface area contributed by atoms with Crippen molar-refractivity contribution in [1.29, 1.82) is 0 Å². The van der Waals surface area contributed by atoms with Crippen LogP contribution >= 0.6 is 0 Å². The van der Waals surface area contributed by atoms with Crippen molar-refractivity contribution in [3.63, 3.8) is 0 Å². The smallest absolute Gasteiger partial charge is 0.241 e. The first kappa shape index (κ1) is 15.1. The van der Waals surface area contributed by atoms with Crippen LogP contribution < -0.4 is 21.9 Å². The molecule has 0 spiro atoms. The topological polar surface area (TPSA) is 158 Å². The van der Waals surface area contributed by atoms with E-state index in [1.807, 2.05) is 0 Å². The van der Waals surface area contributed by atoms with Gasteiger partial charge in [0.1, 0.15) is 0 Å². The molecule has 0 fully saturated rings. The molecule has 0 saturated carbocycles. The molecule has 7 N–H and O–H groups in total. The summed E-state index contributed by atoms with van der Waals surface area (Å²) < 4.78 is 22.0. The van der Waals surface area contributed by atoms with Crippen LogP contribution in [0.15, 0.2) is 29.2 Å². The maximum atomic E-state index is 11.5. The van der Waals surface area contributed by atoms with Crippen molar-refractivity contribution in [3.05, 3.63) is 24.3 Å². The number of carbonyl (C=O) groups is 2. The minimum absolute atomic E-state index is 0.0769. The van der Waals surface area contributed by atoms with Gasteiger partial charge in [0, 0.05) is 5.69 Å². The number of primary amides is 1. The molecular weight excluding hydrogens is 272 g/mol. The van der Waals surface area contributed by atoms with E-state index in [1.54, 1.807) is 0 Å². The van der Waals surface area contributed by atoms with E-state index in [0.29, 0.717) is 5.69 Å². The number of nitrogens with two attached hydrogens (primary N) is 3. The zero-order valence-electron chi connectivity index (χ0n) is 9.87. The number of sulfonamides is 1. The monoisotopic (exact) mass is 286 g/mol. The molecular formula is C10H14N4O4S. The maximum absolute atomic E-state index is 11.5. The summed E-state index contributed by atoms with van der Waals surface area (Å²) in [7, 11) is -3.78. The Labute approximate surface area is 110 Å². The van der Waals surface area contributed by atoms with E-state index < -0.39 is 27.9 Å². The van der Waals surface area contributed by atoms with Gasteiger partial charge in [-0.1, -0.05) is 0 Å². The third kappa shape index (κ3) is 4.66. The molecule has 0 aromatic heterocycles. The molecule has 0 aliphatic rings. The number of amides is 2. The van der Waals surface area contributed by atoms with E-state index in [1.165, 1.54) is 24.3 Å². The van der Waals surface area contributed by atoms with E-state index in [4.69, 9.17) is 16.6 Å². The Morgan fingerprint density at radius 3 is 2.16 bits per heavy atom. The van der Waals surface area contributed by atoms with Crippen LogP contribution in [0.5, 0.6) is 0 Å². The highest BCUT2D eigenvalue weighted by atomic mass is 32.2. The zero-order chi connectivity index (χ0) is 14.6. The first-order valence-corrected chi connectivity index (χ1v) is 6.72. The third-order valence-corrected chi connectivity index (χ3v) is 3.14. The van der Waals surface area contributed by atoms with Gasteiger partial charge in [0.15, 0.2) is 0 Å². The number of nitrogens with one attached hydrogen (secondary N) is 1. The van der Waals surface area contributed by atoms with Crippen LogP contribution in [0.1, 0.15) is 6.42 Å². The van der Waals surface area contributed by atoms with Crippen LogP contribution in [-0.4, -0.2) is 26.3 Å². The molecule has 8 nitrogen and oxygen atoms in total. The number of hydrogen-bond donors (Lipinski definition) is 4. The number of primary sulfonamides is 1. The summed E-state index contributed by atoms with van der Waals surface area (Å²) in [4.78, 5) is 22.1. The van der Waals surface area contributed by atoms with Crippen molar-refractivity contribution in [2.45, 2.75) is 17.4 Å². The molecule has 1 unspecified atom stereocenters. The van der Waals surface area contributed by atoms with Crippen molar-refractivity contribution in [2.24, 2.45) is 16.6 Å². The maximum Gasteiger partial charge on any atom is 0.241 e. The van der Waals surface area contributed by atoms with Gasteiger partial charge in [0.05, 0.1) is 17.4 Å². The number of hydrogen-bond acceptors (Lipinski definition) is 5. The van der Waals surface area contributed by atoms with Crippen LogP contribution in [0, 0.1) is 0 Å². The fourth-order valence-electron chi connectivity index (χ4n) is 1.27. The first-order valence-electron chi connectivity index (χ1n) is 5.18. The van der Waals surface area contributed by atoms with Gasteiger partial charge in [-0.05, 0) is 24.3 Å². The van der Waals surface area contributed by atoms with E-state index in [0.717, 1.165) is 0 Å². The minimum Gasteiger partial charge on any atom is -0.370 e. The number of rotatable bonds is 5. The van der Waals surface area contributed by atoms with E-state index in [9.17, 15) is 18.0 Å². The normalized spacial score (nSPS) is 12.7. The third-order valence-electron chi connectivity index (χ3n) is 2.21. The molecule has 104 valence electrons. The van der Waals surface area contributed by atoms with Crippen LogP contribution in [-0.2, 0) is 19.6 Å². The molecule has 0 radical (unpaired) electrons. The number of benzene rings is 1. The zero-order valence-corrected chi connectivity index (χ0v) is 10.7. The summed E-state index contributed by atoms with van der Waals surface area (Å²) in [5, 5.41) is 7.34. The fourth-order valence-corrected chi connectivity index (χ4v) is 1.79. The second-order valence-electron chi connectivity index (χ2n) is 3.84. The van der Waals surface area contributed by atoms with Crippen molar-refractivity contribution >= 4 is 27.5 Å². The molecule has 0 saturated heterocycles. The van der Waals surface area contributed by atoms with Gasteiger partial charge < -0.3 is 16.8 Å². The van der Waals surface area contributed by atoms with Crippen molar-refractivity contribution in [2.75, 3.05) is 5.32 Å². The van der Waals surface area contributed by atoms with Crippen LogP contribution in [0.4, 0.5) is 5.69 Å². The number of anilines is 1. The lowest BCUT2D eigenvalue weighted by Crippen LogP contribution is -2.38. The van der Waals surface area contributed by atoms with Crippen molar-refractivity contribution in [1.82, 2.24) is 0 Å². The standard InChI is InChI=1S/C10H14N4O4S/c11-8(5-9(12)15)10(16)14-6-1-3-7(4-2-6)19(13,17)18/h1-4,8H,5,11H2,(H2,12,15)(H,14,16)(H2,13,17,18). The van der Waals surface area contributed by atoms with Crippen LogP contribution in [0.25, 0.3) is 0 Å². The van der Waals surface area contributed by atoms with Crippen LogP contribution in [0.3, 0.4) is 0 Å². The summed E-state index contributed by atoms with van der Waals surface area (Å²) in [6, 6.07) is 4.13. The second-order valence-corrected chi connectivity index (χ2v) is 5.40.